The molecular formula is C18H31N7O11P2. The summed E-state index contributed by atoms with van der Waals surface area (Å²) in [7, 11) is -10.5. The minimum atomic E-state index is -5.34. The zero-order valence-electron chi connectivity index (χ0n) is 20.1. The molecule has 0 spiro atoms. The molecule has 0 bridgehead atoms. The van der Waals surface area contributed by atoms with Gasteiger partial charge in [0.05, 0.1) is 19.5 Å². The number of hydrogen-bond acceptors (Lipinski definition) is 13. The van der Waals surface area contributed by atoms with E-state index >= 15 is 0 Å². The van der Waals surface area contributed by atoms with Crippen LogP contribution in [-0.2, 0) is 27.5 Å². The fourth-order valence-electron chi connectivity index (χ4n) is 3.67. The summed E-state index contributed by atoms with van der Waals surface area (Å²) in [6.07, 6.45) is 0.358. The van der Waals surface area contributed by atoms with Crippen LogP contribution in [0.2, 0.25) is 0 Å². The minimum Gasteiger partial charge on any atom is -0.387 e. The topological polar surface area (TPSA) is 274 Å². The first-order valence-electron chi connectivity index (χ1n) is 11.6. The smallest absolute Gasteiger partial charge is 0.387 e. The molecule has 1 amide bonds. The number of hydrogen-bond donors (Lipinski definition) is 8. The summed E-state index contributed by atoms with van der Waals surface area (Å²) < 4.78 is 37.4. The van der Waals surface area contributed by atoms with Crippen molar-refractivity contribution in [2.75, 3.05) is 31.6 Å². The number of fused-ring (bicyclic) bond motifs is 1. The summed E-state index contributed by atoms with van der Waals surface area (Å²) in [5.41, 5.74) is 5.87. The van der Waals surface area contributed by atoms with Gasteiger partial charge in [0.15, 0.2) is 23.2 Å². The lowest BCUT2D eigenvalue weighted by atomic mass is 10.1. The SMILES string of the molecule is NCCCCCCNC(=O)CNc1ncnc2c1ncn2C1OC(COP(=O)(O)OP(=O)(O)O)C(O)C1O. The molecule has 2 aromatic rings. The Balaban J connectivity index is 1.60. The zero-order chi connectivity index (χ0) is 27.9. The van der Waals surface area contributed by atoms with E-state index < -0.39 is 46.8 Å². The van der Waals surface area contributed by atoms with E-state index in [1.165, 1.54) is 17.2 Å². The van der Waals surface area contributed by atoms with Crippen LogP contribution in [-0.4, -0.2) is 94.9 Å². The average Bonchev–Trinajstić information content (AvgIpc) is 3.38. The van der Waals surface area contributed by atoms with E-state index in [9.17, 15) is 29.0 Å². The molecule has 20 heteroatoms. The maximum Gasteiger partial charge on any atom is 0.481 e. The molecule has 1 saturated heterocycles. The van der Waals surface area contributed by atoms with Crippen LogP contribution in [0.3, 0.4) is 0 Å². The van der Waals surface area contributed by atoms with Gasteiger partial charge in [-0.05, 0) is 19.4 Å². The van der Waals surface area contributed by atoms with Crippen LogP contribution in [0.4, 0.5) is 5.82 Å². The molecule has 9 N–H and O–H groups in total. The van der Waals surface area contributed by atoms with Gasteiger partial charge in [-0.25, -0.2) is 24.1 Å². The number of imidazole rings is 1. The number of phosphoric acid groups is 2. The summed E-state index contributed by atoms with van der Waals surface area (Å²) >= 11 is 0. The fraction of sp³-hybridized carbons (Fsp3) is 0.667. The third-order valence-electron chi connectivity index (χ3n) is 5.45. The van der Waals surface area contributed by atoms with Gasteiger partial charge in [-0.1, -0.05) is 12.8 Å². The van der Waals surface area contributed by atoms with Crippen molar-refractivity contribution in [3.63, 3.8) is 0 Å². The molecule has 38 heavy (non-hydrogen) atoms. The van der Waals surface area contributed by atoms with Crippen LogP contribution in [0, 0.1) is 0 Å². The van der Waals surface area contributed by atoms with E-state index in [0.717, 1.165) is 25.7 Å². The number of rotatable bonds is 15. The highest BCUT2D eigenvalue weighted by Crippen LogP contribution is 2.57. The third kappa shape index (κ3) is 8.46. The molecule has 214 valence electrons. The Kier molecular flexibility index (Phi) is 10.7. The lowest BCUT2D eigenvalue weighted by Gasteiger charge is -2.17. The minimum absolute atomic E-state index is 0.0830. The van der Waals surface area contributed by atoms with Gasteiger partial charge in [-0.3, -0.25) is 13.9 Å². The zero-order valence-corrected chi connectivity index (χ0v) is 21.9. The molecule has 3 heterocycles. The van der Waals surface area contributed by atoms with E-state index in [-0.39, 0.29) is 29.4 Å². The number of carbonyl (C=O) groups excluding carboxylic acids is 1. The summed E-state index contributed by atoms with van der Waals surface area (Å²) in [6, 6.07) is 0. The second kappa shape index (κ2) is 13.3. The van der Waals surface area contributed by atoms with Crippen LogP contribution in [0.5, 0.6) is 0 Å². The maximum atomic E-state index is 12.1. The molecule has 5 atom stereocenters. The van der Waals surface area contributed by atoms with Gasteiger partial charge in [0.1, 0.15) is 24.6 Å². The number of ether oxygens (including phenoxy) is 1. The van der Waals surface area contributed by atoms with Crippen molar-refractivity contribution in [3.05, 3.63) is 12.7 Å². The number of aliphatic hydroxyl groups is 2. The predicted molar refractivity (Wildman–Crippen MR) is 129 cm³/mol. The van der Waals surface area contributed by atoms with Gasteiger partial charge in [0, 0.05) is 6.54 Å². The molecule has 0 saturated carbocycles. The van der Waals surface area contributed by atoms with E-state index in [0.29, 0.717) is 13.1 Å². The van der Waals surface area contributed by atoms with Gasteiger partial charge in [-0.2, -0.15) is 4.31 Å². The number of unbranched alkanes of at least 4 members (excludes halogenated alkanes) is 3. The quantitative estimate of drug-likeness (QED) is 0.0895. The second-order valence-corrected chi connectivity index (χ2v) is 11.2. The van der Waals surface area contributed by atoms with Crippen LogP contribution >= 0.6 is 15.6 Å². The van der Waals surface area contributed by atoms with Crippen molar-refractivity contribution in [3.8, 4) is 0 Å². The van der Waals surface area contributed by atoms with Crippen molar-refractivity contribution in [1.82, 2.24) is 24.8 Å². The van der Waals surface area contributed by atoms with E-state index in [1.807, 2.05) is 0 Å². The summed E-state index contributed by atoms with van der Waals surface area (Å²) in [5, 5.41) is 26.5. The molecular weight excluding hydrogens is 552 g/mol. The first-order valence-corrected chi connectivity index (χ1v) is 14.6. The van der Waals surface area contributed by atoms with Crippen molar-refractivity contribution in [2.45, 2.75) is 50.2 Å². The average molecular weight is 583 g/mol. The molecule has 0 radical (unpaired) electrons. The van der Waals surface area contributed by atoms with Crippen LogP contribution < -0.4 is 16.4 Å². The third-order valence-corrected chi connectivity index (χ3v) is 7.60. The number of aliphatic hydroxyl groups excluding tert-OH is 2. The predicted octanol–water partition coefficient (Wildman–Crippen LogP) is -1.28. The van der Waals surface area contributed by atoms with Gasteiger partial charge in [0.25, 0.3) is 0 Å². The Morgan fingerprint density at radius 3 is 2.55 bits per heavy atom. The van der Waals surface area contributed by atoms with E-state index in [2.05, 4.69) is 34.4 Å². The van der Waals surface area contributed by atoms with Crippen molar-refractivity contribution in [1.29, 1.82) is 0 Å². The number of nitrogens with one attached hydrogen (secondary N) is 2. The summed E-state index contributed by atoms with van der Waals surface area (Å²) in [6.45, 7) is 0.241. The number of anilines is 1. The highest BCUT2D eigenvalue weighted by molar-refractivity contribution is 7.60. The highest BCUT2D eigenvalue weighted by atomic mass is 31.3. The molecule has 1 aliphatic heterocycles. The Bertz CT molecular complexity index is 1180. The Morgan fingerprint density at radius 1 is 1.11 bits per heavy atom. The number of phosphoric ester groups is 1. The summed E-state index contributed by atoms with van der Waals surface area (Å²) in [4.78, 5) is 51.3. The van der Waals surface area contributed by atoms with Gasteiger partial charge in [0.2, 0.25) is 5.91 Å². The van der Waals surface area contributed by atoms with Crippen LogP contribution in [0.15, 0.2) is 12.7 Å². The lowest BCUT2D eigenvalue weighted by Crippen LogP contribution is -2.33. The number of carbonyl (C=O) groups is 1. The van der Waals surface area contributed by atoms with Crippen molar-refractivity contribution >= 4 is 38.5 Å². The lowest BCUT2D eigenvalue weighted by molar-refractivity contribution is -0.119. The monoisotopic (exact) mass is 583 g/mol. The van der Waals surface area contributed by atoms with E-state index in [1.54, 1.807) is 0 Å². The summed E-state index contributed by atoms with van der Waals surface area (Å²) in [5.74, 6) is -0.0185. The number of aromatic nitrogens is 4. The Hall–Kier alpha value is -2.08. The fourth-order valence-corrected chi connectivity index (χ4v) is 5.27. The van der Waals surface area contributed by atoms with E-state index in [4.69, 9.17) is 20.3 Å². The van der Waals surface area contributed by atoms with Crippen molar-refractivity contribution in [2.24, 2.45) is 5.73 Å². The first kappa shape index (κ1) is 30.5. The second-order valence-electron chi connectivity index (χ2n) is 8.34. The maximum absolute atomic E-state index is 12.1. The largest absolute Gasteiger partial charge is 0.481 e. The molecule has 0 aliphatic carbocycles. The van der Waals surface area contributed by atoms with Crippen LogP contribution in [0.1, 0.15) is 31.9 Å². The number of nitrogens with zero attached hydrogens (tertiary/aromatic N) is 4. The molecule has 2 aromatic heterocycles. The number of nitrogens with two attached hydrogens (primary N) is 1. The Labute approximate surface area is 216 Å². The molecule has 18 nitrogen and oxygen atoms in total. The molecule has 1 aliphatic rings. The molecule has 3 rings (SSSR count). The van der Waals surface area contributed by atoms with Crippen molar-refractivity contribution < 1.29 is 52.4 Å². The molecule has 5 unspecified atom stereocenters. The molecule has 0 aromatic carbocycles. The van der Waals surface area contributed by atoms with Gasteiger partial charge < -0.3 is 46.0 Å². The Morgan fingerprint density at radius 2 is 1.84 bits per heavy atom. The van der Waals surface area contributed by atoms with Crippen LogP contribution in [0.25, 0.3) is 11.2 Å². The highest BCUT2D eigenvalue weighted by Gasteiger charge is 2.46. The van der Waals surface area contributed by atoms with Gasteiger partial charge >= 0.3 is 15.6 Å². The number of amides is 1. The first-order chi connectivity index (χ1) is 17.9. The molecule has 1 fully saturated rings. The normalized spacial score (nSPS) is 23.4. The van der Waals surface area contributed by atoms with Gasteiger partial charge in [-0.15, -0.1) is 0 Å². The standard InChI is InChI=1S/C18H31N7O11P2/c19-5-3-1-2-4-6-20-12(26)7-21-16-13-17(23-9-22-16)25(10-24-13)18-15(28)14(27)11(35-18)8-34-38(32,33)36-37(29,30)31/h9-11,14-15,18,27-28H,1-8,19H2,(H,20,26)(H,32,33)(H,21,22,23)(H2,29,30,31).